The summed E-state index contributed by atoms with van der Waals surface area (Å²) < 4.78 is 5.07. The van der Waals surface area contributed by atoms with E-state index in [2.05, 4.69) is 179 Å². The standard InChI is InChI=1S/C68H74N4/c1-48-42-60(50-24-10-3-11-25-50)65(61(43-48)51-26-12-4-13-27-51)71-40-38-69-67(71)57-36-20-34-55(44-57)64(54-32-18-7-19-33-54)56-35-21-37-58(45-56)68-70-39-41-72(68)66-62(52-28-14-5-15-29-52)46-59(49-22-8-2-9-23-49)47-63(66)53-30-16-6-17-31-53/h2,7-9,18-23,32-47,50-53,64H,3-6,10-17,24-31H2,1H3/p+1. The molecule has 0 aliphatic heterocycles. The number of nitrogens with one attached hydrogen (secondary N) is 1. The van der Waals surface area contributed by atoms with Crippen LogP contribution in [0.3, 0.4) is 0 Å². The van der Waals surface area contributed by atoms with Gasteiger partial charge in [0.05, 0.1) is 11.3 Å². The second kappa shape index (κ2) is 21.4. The first-order chi connectivity index (χ1) is 35.6. The Morgan fingerprint density at radius 1 is 0.472 bits per heavy atom. The lowest BCUT2D eigenvalue weighted by atomic mass is 9.77. The van der Waals surface area contributed by atoms with E-state index in [9.17, 15) is 0 Å². The van der Waals surface area contributed by atoms with Crippen molar-refractivity contribution in [2.45, 2.75) is 165 Å². The lowest BCUT2D eigenvalue weighted by molar-refractivity contribution is -0.583. The summed E-state index contributed by atoms with van der Waals surface area (Å²) in [7, 11) is 0. The average molecular weight is 948 g/mol. The van der Waals surface area contributed by atoms with Crippen LogP contribution in [0.5, 0.6) is 0 Å². The van der Waals surface area contributed by atoms with Crippen LogP contribution in [0.15, 0.2) is 158 Å². The highest BCUT2D eigenvalue weighted by Crippen LogP contribution is 2.47. The summed E-state index contributed by atoms with van der Waals surface area (Å²) in [5, 5.41) is 0. The maximum atomic E-state index is 5.29. The fraction of sp³-hybridized carbons (Fsp3) is 0.382. The van der Waals surface area contributed by atoms with Crippen LogP contribution in [0.1, 0.15) is 203 Å². The quantitative estimate of drug-likeness (QED) is 0.0962. The normalized spacial score (nSPS) is 18.1. The van der Waals surface area contributed by atoms with Crippen molar-refractivity contribution in [2.75, 3.05) is 0 Å². The molecular formula is C68H75N4+. The van der Waals surface area contributed by atoms with Crippen molar-refractivity contribution in [3.05, 3.63) is 203 Å². The minimum atomic E-state index is 0.0219. The molecule has 1 atom stereocenters. The second-order valence-corrected chi connectivity index (χ2v) is 22.4. The predicted molar refractivity (Wildman–Crippen MR) is 298 cm³/mol. The fourth-order valence-corrected chi connectivity index (χ4v) is 14.2. The van der Waals surface area contributed by atoms with Crippen LogP contribution in [0, 0.1) is 6.92 Å². The molecule has 1 unspecified atom stereocenters. The average Bonchev–Trinajstić information content (AvgIpc) is 4.16. The topological polar surface area (TPSA) is 37.5 Å². The van der Waals surface area contributed by atoms with Gasteiger partial charge in [-0.2, -0.15) is 4.57 Å². The maximum Gasteiger partial charge on any atom is 0.291 e. The van der Waals surface area contributed by atoms with Crippen molar-refractivity contribution in [2.24, 2.45) is 0 Å². The smallest absolute Gasteiger partial charge is 0.291 e. The van der Waals surface area contributed by atoms with Crippen molar-refractivity contribution in [3.63, 3.8) is 0 Å². The molecule has 2 aromatic heterocycles. The van der Waals surface area contributed by atoms with E-state index in [0.29, 0.717) is 23.7 Å². The van der Waals surface area contributed by atoms with E-state index < -0.39 is 0 Å². The van der Waals surface area contributed by atoms with Crippen molar-refractivity contribution in [1.82, 2.24) is 14.5 Å². The van der Waals surface area contributed by atoms with Gasteiger partial charge in [0.15, 0.2) is 0 Å². The zero-order chi connectivity index (χ0) is 48.2. The van der Waals surface area contributed by atoms with Crippen LogP contribution in [0.2, 0.25) is 0 Å². The van der Waals surface area contributed by atoms with Gasteiger partial charge in [0, 0.05) is 35.0 Å². The van der Waals surface area contributed by atoms with Crippen LogP contribution in [-0.4, -0.2) is 14.5 Å². The molecule has 4 nitrogen and oxygen atoms in total. The van der Waals surface area contributed by atoms with Gasteiger partial charge in [-0.1, -0.05) is 186 Å². The summed E-state index contributed by atoms with van der Waals surface area (Å²) >= 11 is 0. The van der Waals surface area contributed by atoms with E-state index in [-0.39, 0.29) is 5.92 Å². The van der Waals surface area contributed by atoms with Gasteiger partial charge in [0.2, 0.25) is 0 Å². The Bertz CT molecular complexity index is 3000. The molecule has 2 heterocycles. The van der Waals surface area contributed by atoms with Gasteiger partial charge >= 0.3 is 0 Å². The summed E-state index contributed by atoms with van der Waals surface area (Å²) in [5.74, 6) is 4.51. The molecule has 0 amide bonds. The monoisotopic (exact) mass is 948 g/mol. The first kappa shape index (κ1) is 46.8. The summed E-state index contributed by atoms with van der Waals surface area (Å²) in [6, 6.07) is 51.5. The Morgan fingerprint density at radius 2 is 0.944 bits per heavy atom. The number of H-pyrrole nitrogens is 1. The minimum absolute atomic E-state index is 0.0219. The summed E-state index contributed by atoms with van der Waals surface area (Å²) in [6.07, 6.45) is 34.9. The Morgan fingerprint density at radius 3 is 1.50 bits per heavy atom. The zero-order valence-corrected chi connectivity index (χ0v) is 42.9. The molecule has 0 radical (unpaired) electrons. The Labute approximate surface area is 430 Å². The van der Waals surface area contributed by atoms with Crippen LogP contribution < -0.4 is 4.57 Å². The third-order valence-corrected chi connectivity index (χ3v) is 17.7. The summed E-state index contributed by atoms with van der Waals surface area (Å²) in [6.45, 7) is 2.34. The molecule has 6 aromatic carbocycles. The highest BCUT2D eigenvalue weighted by atomic mass is 15.1. The number of aryl methyl sites for hydroxylation is 1. The van der Waals surface area contributed by atoms with E-state index in [1.165, 1.54) is 196 Å². The van der Waals surface area contributed by atoms with Gasteiger partial charge in [-0.15, -0.1) is 0 Å². The van der Waals surface area contributed by atoms with Crippen LogP contribution in [0.4, 0.5) is 0 Å². The molecule has 4 heteroatoms. The molecule has 0 bridgehead atoms. The van der Waals surface area contributed by atoms with Gasteiger partial charge in [-0.25, -0.2) is 9.97 Å². The van der Waals surface area contributed by atoms with Crippen molar-refractivity contribution in [3.8, 4) is 45.3 Å². The molecule has 4 aliphatic rings. The molecule has 0 saturated heterocycles. The molecule has 12 rings (SSSR count). The first-order valence-corrected chi connectivity index (χ1v) is 28.4. The number of benzene rings is 6. The number of rotatable bonds is 12. The molecule has 0 spiro atoms. The van der Waals surface area contributed by atoms with E-state index in [4.69, 9.17) is 4.98 Å². The SMILES string of the molecule is Cc1cc(C2CCCCC2)c(-[n+]2cc[nH]c2-c2cccc(C(c3ccccc3)c3cccc(-c4nccn4-c4c(C5CCCCC5)cc(-c5ccccc5)cc4C4CCCCC4)c3)c2)c(C2CCCCC2)c1. The summed E-state index contributed by atoms with van der Waals surface area (Å²) in [4.78, 5) is 9.10. The van der Waals surface area contributed by atoms with E-state index >= 15 is 0 Å². The molecule has 1 N–H and O–H groups in total. The molecule has 4 saturated carbocycles. The Balaban J connectivity index is 0.966. The van der Waals surface area contributed by atoms with Gasteiger partial charge in [-0.3, -0.25) is 4.57 Å². The molecule has 8 aromatic rings. The first-order valence-electron chi connectivity index (χ1n) is 28.4. The second-order valence-electron chi connectivity index (χ2n) is 22.4. The molecule has 4 fully saturated rings. The minimum Gasteiger partial charge on any atom is -0.299 e. The molecule has 4 aliphatic carbocycles. The Kier molecular flexibility index (Phi) is 13.9. The highest BCUT2D eigenvalue weighted by Gasteiger charge is 2.33. The molecule has 366 valence electrons. The fourth-order valence-electron chi connectivity index (χ4n) is 14.2. The Hall–Kier alpha value is -6.26. The van der Waals surface area contributed by atoms with Crippen molar-refractivity contribution in [1.29, 1.82) is 0 Å². The number of imidazole rings is 2. The molecular weight excluding hydrogens is 873 g/mol. The predicted octanol–water partition coefficient (Wildman–Crippen LogP) is 18.2. The summed E-state index contributed by atoms with van der Waals surface area (Å²) in [5.41, 5.74) is 19.4. The largest absolute Gasteiger partial charge is 0.299 e. The van der Waals surface area contributed by atoms with Gasteiger partial charge in [-0.05, 0) is 151 Å². The number of hydrogen-bond acceptors (Lipinski definition) is 1. The zero-order valence-electron chi connectivity index (χ0n) is 42.9. The van der Waals surface area contributed by atoms with Crippen molar-refractivity contribution >= 4 is 0 Å². The third kappa shape index (κ3) is 9.59. The number of hydrogen-bond donors (Lipinski definition) is 1. The van der Waals surface area contributed by atoms with E-state index in [0.717, 1.165) is 11.4 Å². The molecule has 72 heavy (non-hydrogen) atoms. The third-order valence-electron chi connectivity index (χ3n) is 17.7. The lowest BCUT2D eigenvalue weighted by Gasteiger charge is -2.31. The number of aromatic nitrogens is 4. The van der Waals surface area contributed by atoms with Crippen LogP contribution in [-0.2, 0) is 0 Å². The van der Waals surface area contributed by atoms with Crippen LogP contribution >= 0.6 is 0 Å². The van der Waals surface area contributed by atoms with E-state index in [1.54, 1.807) is 11.1 Å². The number of nitrogens with zero attached hydrogens (tertiary/aromatic N) is 3. The van der Waals surface area contributed by atoms with Gasteiger partial charge < -0.3 is 0 Å². The van der Waals surface area contributed by atoms with Gasteiger partial charge in [0.1, 0.15) is 23.9 Å². The lowest BCUT2D eigenvalue weighted by Crippen LogP contribution is -2.35. The highest BCUT2D eigenvalue weighted by molar-refractivity contribution is 5.72. The van der Waals surface area contributed by atoms with Crippen molar-refractivity contribution < 1.29 is 4.57 Å². The van der Waals surface area contributed by atoms with Crippen LogP contribution in [0.25, 0.3) is 45.3 Å². The van der Waals surface area contributed by atoms with E-state index in [1.807, 2.05) is 0 Å². The maximum absolute atomic E-state index is 5.29. The van der Waals surface area contributed by atoms with Gasteiger partial charge in [0.25, 0.3) is 5.82 Å². The number of aromatic amines is 1.